The first-order valence-corrected chi connectivity index (χ1v) is 9.19. The third-order valence-corrected chi connectivity index (χ3v) is 5.09. The fraction of sp³-hybridized carbons (Fsp3) is 0.333. The van der Waals surface area contributed by atoms with Gasteiger partial charge in [-0.2, -0.15) is 0 Å². The molecule has 1 aliphatic rings. The topological polar surface area (TPSA) is 0 Å². The van der Waals surface area contributed by atoms with Gasteiger partial charge < -0.3 is 0 Å². The Hall–Kier alpha value is -2.08. The highest BCUT2D eigenvalue weighted by atomic mass is 14.2. The Kier molecular flexibility index (Phi) is 5.69. The Bertz CT molecular complexity index is 614. The first kappa shape index (κ1) is 16.8. The second-order valence-corrected chi connectivity index (χ2v) is 7.21. The van der Waals surface area contributed by atoms with E-state index in [1.54, 1.807) is 0 Å². The van der Waals surface area contributed by atoms with Crippen molar-refractivity contribution in [3.05, 3.63) is 82.9 Å². The van der Waals surface area contributed by atoms with Gasteiger partial charge in [0.15, 0.2) is 0 Å². The third-order valence-electron chi connectivity index (χ3n) is 5.09. The molecule has 0 atom stereocenters. The summed E-state index contributed by atoms with van der Waals surface area (Å²) in [7, 11) is 0. The molecule has 0 aromatic heterocycles. The standard InChI is InChI=1S/C24H28/c1-19-3-7-21(8-4-19)11-13-23-15-17-24(18-16-23)14-12-22-9-5-20(2)6-10-22/h3-14,23-24H,15-18H2,1-2H3. The number of benzene rings is 2. The average molecular weight is 316 g/mol. The predicted octanol–water partition coefficient (Wildman–Crippen LogP) is 6.84. The summed E-state index contributed by atoms with van der Waals surface area (Å²) in [5.41, 5.74) is 5.30. The van der Waals surface area contributed by atoms with E-state index in [1.807, 2.05) is 0 Å². The molecule has 0 amide bonds. The summed E-state index contributed by atoms with van der Waals surface area (Å²) in [5, 5.41) is 0. The molecule has 2 aromatic rings. The van der Waals surface area contributed by atoms with Gasteiger partial charge in [0.25, 0.3) is 0 Å². The van der Waals surface area contributed by atoms with Gasteiger partial charge in [0.1, 0.15) is 0 Å². The van der Waals surface area contributed by atoms with Crippen LogP contribution >= 0.6 is 0 Å². The van der Waals surface area contributed by atoms with E-state index < -0.39 is 0 Å². The van der Waals surface area contributed by atoms with Gasteiger partial charge in [-0.15, -0.1) is 0 Å². The molecule has 0 radical (unpaired) electrons. The summed E-state index contributed by atoms with van der Waals surface area (Å²) in [5.74, 6) is 1.49. The Morgan fingerprint density at radius 2 is 0.917 bits per heavy atom. The Labute approximate surface area is 146 Å². The normalized spacial score (nSPS) is 21.6. The molecular formula is C24H28. The van der Waals surface area contributed by atoms with Crippen molar-refractivity contribution in [1.82, 2.24) is 0 Å². The molecule has 3 rings (SSSR count). The molecule has 0 N–H and O–H groups in total. The molecule has 0 heterocycles. The van der Waals surface area contributed by atoms with E-state index in [-0.39, 0.29) is 0 Å². The van der Waals surface area contributed by atoms with Crippen LogP contribution in [0.15, 0.2) is 60.7 Å². The molecule has 0 saturated heterocycles. The van der Waals surface area contributed by atoms with Gasteiger partial charge in [0, 0.05) is 0 Å². The first-order valence-electron chi connectivity index (χ1n) is 9.19. The highest BCUT2D eigenvalue weighted by molar-refractivity contribution is 5.51. The lowest BCUT2D eigenvalue weighted by Gasteiger charge is -2.24. The van der Waals surface area contributed by atoms with Crippen molar-refractivity contribution in [2.75, 3.05) is 0 Å². The lowest BCUT2D eigenvalue weighted by atomic mass is 9.81. The summed E-state index contributed by atoms with van der Waals surface area (Å²) < 4.78 is 0. The fourth-order valence-corrected chi connectivity index (χ4v) is 3.38. The lowest BCUT2D eigenvalue weighted by Crippen LogP contribution is -2.11. The molecule has 124 valence electrons. The molecule has 0 heteroatoms. The van der Waals surface area contributed by atoms with Crippen LogP contribution in [0.3, 0.4) is 0 Å². The molecule has 0 nitrogen and oxygen atoms in total. The third kappa shape index (κ3) is 4.96. The van der Waals surface area contributed by atoms with Crippen molar-refractivity contribution < 1.29 is 0 Å². The largest absolute Gasteiger partial charge is 0.0808 e. The summed E-state index contributed by atoms with van der Waals surface area (Å²) in [6.45, 7) is 4.28. The van der Waals surface area contributed by atoms with E-state index in [0.29, 0.717) is 0 Å². The number of hydrogen-bond acceptors (Lipinski definition) is 0. The summed E-state index contributed by atoms with van der Waals surface area (Å²) in [4.78, 5) is 0. The van der Waals surface area contributed by atoms with Gasteiger partial charge in [0.2, 0.25) is 0 Å². The summed E-state index contributed by atoms with van der Waals surface area (Å²) >= 11 is 0. The second kappa shape index (κ2) is 8.15. The molecule has 1 saturated carbocycles. The fourth-order valence-electron chi connectivity index (χ4n) is 3.38. The van der Waals surface area contributed by atoms with Crippen molar-refractivity contribution in [2.45, 2.75) is 39.5 Å². The maximum atomic E-state index is 2.42. The van der Waals surface area contributed by atoms with Crippen LogP contribution in [-0.2, 0) is 0 Å². The molecule has 24 heavy (non-hydrogen) atoms. The van der Waals surface area contributed by atoms with Crippen LogP contribution in [-0.4, -0.2) is 0 Å². The number of hydrogen-bond donors (Lipinski definition) is 0. The van der Waals surface area contributed by atoms with Gasteiger partial charge >= 0.3 is 0 Å². The van der Waals surface area contributed by atoms with Gasteiger partial charge in [-0.3, -0.25) is 0 Å². The first-order chi connectivity index (χ1) is 11.7. The van der Waals surface area contributed by atoms with Gasteiger partial charge in [-0.25, -0.2) is 0 Å². The van der Waals surface area contributed by atoms with Crippen LogP contribution in [0, 0.1) is 25.7 Å². The monoisotopic (exact) mass is 316 g/mol. The van der Waals surface area contributed by atoms with E-state index in [0.717, 1.165) is 11.8 Å². The van der Waals surface area contributed by atoms with Crippen molar-refractivity contribution >= 4 is 12.2 Å². The molecular weight excluding hydrogens is 288 g/mol. The minimum Gasteiger partial charge on any atom is -0.0808 e. The van der Waals surface area contributed by atoms with Crippen LogP contribution in [0.2, 0.25) is 0 Å². The minimum absolute atomic E-state index is 0.746. The number of allylic oxidation sites excluding steroid dienone is 2. The van der Waals surface area contributed by atoms with E-state index in [4.69, 9.17) is 0 Å². The van der Waals surface area contributed by atoms with Crippen LogP contribution in [0.1, 0.15) is 47.9 Å². The van der Waals surface area contributed by atoms with Crippen LogP contribution in [0.25, 0.3) is 12.2 Å². The molecule has 1 fully saturated rings. The van der Waals surface area contributed by atoms with Gasteiger partial charge in [-0.1, -0.05) is 84.0 Å². The van der Waals surface area contributed by atoms with Crippen molar-refractivity contribution in [1.29, 1.82) is 0 Å². The molecule has 1 aliphatic carbocycles. The average Bonchev–Trinajstić information content (AvgIpc) is 2.62. The van der Waals surface area contributed by atoms with Gasteiger partial charge in [-0.05, 0) is 62.5 Å². The maximum absolute atomic E-state index is 2.42. The smallest absolute Gasteiger partial charge is 0.0230 e. The SMILES string of the molecule is Cc1ccc(C=CC2CCC(C=Cc3ccc(C)cc3)CC2)cc1. The second-order valence-electron chi connectivity index (χ2n) is 7.21. The zero-order valence-electron chi connectivity index (χ0n) is 14.9. The van der Waals surface area contributed by atoms with Crippen LogP contribution < -0.4 is 0 Å². The van der Waals surface area contributed by atoms with Crippen LogP contribution in [0.4, 0.5) is 0 Å². The van der Waals surface area contributed by atoms with Gasteiger partial charge in [0.05, 0.1) is 0 Å². The zero-order chi connectivity index (χ0) is 16.8. The highest BCUT2D eigenvalue weighted by Gasteiger charge is 2.17. The predicted molar refractivity (Wildman–Crippen MR) is 106 cm³/mol. The Balaban J connectivity index is 1.48. The molecule has 0 bridgehead atoms. The molecule has 0 aliphatic heterocycles. The van der Waals surface area contributed by atoms with Crippen molar-refractivity contribution in [3.8, 4) is 0 Å². The molecule has 0 spiro atoms. The van der Waals surface area contributed by atoms with Crippen molar-refractivity contribution in [3.63, 3.8) is 0 Å². The maximum Gasteiger partial charge on any atom is -0.0230 e. The highest BCUT2D eigenvalue weighted by Crippen LogP contribution is 2.31. The Morgan fingerprint density at radius 3 is 1.25 bits per heavy atom. The van der Waals surface area contributed by atoms with E-state index in [1.165, 1.54) is 47.9 Å². The van der Waals surface area contributed by atoms with E-state index >= 15 is 0 Å². The number of aryl methyl sites for hydroxylation is 2. The van der Waals surface area contributed by atoms with Crippen molar-refractivity contribution in [2.24, 2.45) is 11.8 Å². The quantitative estimate of drug-likeness (QED) is 0.579. The van der Waals surface area contributed by atoms with E-state index in [2.05, 4.69) is 86.7 Å². The van der Waals surface area contributed by atoms with Crippen LogP contribution in [0.5, 0.6) is 0 Å². The number of rotatable bonds is 4. The zero-order valence-corrected chi connectivity index (χ0v) is 14.9. The van der Waals surface area contributed by atoms with E-state index in [9.17, 15) is 0 Å². The molecule has 2 aromatic carbocycles. The molecule has 0 unspecified atom stereocenters. The Morgan fingerprint density at radius 1 is 0.583 bits per heavy atom. The summed E-state index contributed by atoms with van der Waals surface area (Å²) in [6.07, 6.45) is 14.7. The summed E-state index contributed by atoms with van der Waals surface area (Å²) in [6, 6.07) is 17.6. The lowest BCUT2D eigenvalue weighted by molar-refractivity contribution is 0.358. The minimum atomic E-state index is 0.746.